The lowest BCUT2D eigenvalue weighted by atomic mass is 10.2. The third-order valence-electron chi connectivity index (χ3n) is 3.64. The van der Waals surface area contributed by atoms with Crippen molar-refractivity contribution in [3.8, 4) is 0 Å². The smallest absolute Gasteiger partial charge is 0.236 e. The highest BCUT2D eigenvalue weighted by Gasteiger charge is 2.16. The van der Waals surface area contributed by atoms with E-state index in [2.05, 4.69) is 24.3 Å². The van der Waals surface area contributed by atoms with Gasteiger partial charge in [0.1, 0.15) is 0 Å². The first kappa shape index (κ1) is 15.7. The Hall–Kier alpha value is -1.66. The third kappa shape index (κ3) is 4.41. The van der Waals surface area contributed by atoms with Gasteiger partial charge in [-0.3, -0.25) is 9.48 Å². The zero-order valence-electron chi connectivity index (χ0n) is 12.7. The normalized spacial score (nSPS) is 13.9. The Labute approximate surface area is 129 Å². The number of likely N-dealkylation sites (N-methyl/N-ethyl adjacent to an activating group) is 1. The summed E-state index contributed by atoms with van der Waals surface area (Å²) in [6, 6.07) is 6.33. The van der Waals surface area contributed by atoms with E-state index in [9.17, 15) is 4.79 Å². The molecule has 0 aliphatic heterocycles. The Morgan fingerprint density at radius 2 is 2.29 bits per heavy atom. The molecule has 0 bridgehead atoms. The maximum atomic E-state index is 12.1. The molecule has 21 heavy (non-hydrogen) atoms. The molecule has 114 valence electrons. The van der Waals surface area contributed by atoms with Crippen molar-refractivity contribution in [3.05, 3.63) is 40.8 Å². The number of carbonyl (C=O) groups is 1. The van der Waals surface area contributed by atoms with E-state index in [-0.39, 0.29) is 18.0 Å². The minimum absolute atomic E-state index is 0.0999. The molecule has 0 aliphatic carbocycles. The molecular formula is C15H22N4OS. The number of hydrogen-bond donors (Lipinski definition) is 1. The van der Waals surface area contributed by atoms with Crippen molar-refractivity contribution in [2.75, 3.05) is 13.6 Å². The average molecular weight is 306 g/mol. The van der Waals surface area contributed by atoms with Gasteiger partial charge in [0.2, 0.25) is 5.91 Å². The van der Waals surface area contributed by atoms with Gasteiger partial charge in [-0.05, 0) is 31.4 Å². The monoisotopic (exact) mass is 306 g/mol. The SMILES string of the molecule is C[C@H](NCC(=O)N(C)Cc1cccs1)[C@@H](C)n1cccn1. The van der Waals surface area contributed by atoms with Gasteiger partial charge in [-0.15, -0.1) is 11.3 Å². The molecule has 2 aromatic heterocycles. The zero-order chi connectivity index (χ0) is 15.2. The molecule has 5 nitrogen and oxygen atoms in total. The van der Waals surface area contributed by atoms with Gasteiger partial charge in [-0.1, -0.05) is 6.07 Å². The van der Waals surface area contributed by atoms with Gasteiger partial charge in [0.25, 0.3) is 0 Å². The number of aromatic nitrogens is 2. The van der Waals surface area contributed by atoms with Crippen molar-refractivity contribution >= 4 is 17.2 Å². The number of nitrogens with one attached hydrogen (secondary N) is 1. The largest absolute Gasteiger partial charge is 0.340 e. The maximum absolute atomic E-state index is 12.1. The molecular weight excluding hydrogens is 284 g/mol. The highest BCUT2D eigenvalue weighted by atomic mass is 32.1. The average Bonchev–Trinajstić information content (AvgIpc) is 3.16. The van der Waals surface area contributed by atoms with E-state index >= 15 is 0 Å². The van der Waals surface area contributed by atoms with E-state index in [1.54, 1.807) is 22.4 Å². The van der Waals surface area contributed by atoms with Gasteiger partial charge in [0, 0.05) is 30.4 Å². The molecule has 1 N–H and O–H groups in total. The highest BCUT2D eigenvalue weighted by molar-refractivity contribution is 7.09. The number of carbonyl (C=O) groups excluding carboxylic acids is 1. The second kappa shape index (κ2) is 7.38. The van der Waals surface area contributed by atoms with E-state index in [0.717, 1.165) is 0 Å². The Kier molecular flexibility index (Phi) is 5.52. The minimum atomic E-state index is 0.0999. The topological polar surface area (TPSA) is 50.2 Å². The summed E-state index contributed by atoms with van der Waals surface area (Å²) < 4.78 is 1.90. The van der Waals surface area contributed by atoms with Gasteiger partial charge in [-0.2, -0.15) is 5.10 Å². The number of hydrogen-bond acceptors (Lipinski definition) is 4. The maximum Gasteiger partial charge on any atom is 0.236 e. The van der Waals surface area contributed by atoms with Crippen molar-refractivity contribution in [1.29, 1.82) is 0 Å². The van der Waals surface area contributed by atoms with Gasteiger partial charge < -0.3 is 10.2 Å². The molecule has 0 saturated heterocycles. The van der Waals surface area contributed by atoms with Crippen molar-refractivity contribution in [2.24, 2.45) is 0 Å². The summed E-state index contributed by atoms with van der Waals surface area (Å²) in [5.74, 6) is 0.0999. The molecule has 0 fully saturated rings. The van der Waals surface area contributed by atoms with E-state index in [1.165, 1.54) is 4.88 Å². The summed E-state index contributed by atoms with van der Waals surface area (Å²) in [4.78, 5) is 15.1. The number of thiophene rings is 1. The summed E-state index contributed by atoms with van der Waals surface area (Å²) >= 11 is 1.67. The van der Waals surface area contributed by atoms with Crippen LogP contribution >= 0.6 is 11.3 Å². The molecule has 0 aromatic carbocycles. The molecule has 0 radical (unpaired) electrons. The molecule has 0 unspecified atom stereocenters. The van der Waals surface area contributed by atoms with E-state index < -0.39 is 0 Å². The summed E-state index contributed by atoms with van der Waals surface area (Å²) in [5.41, 5.74) is 0. The van der Waals surface area contributed by atoms with Gasteiger partial charge >= 0.3 is 0 Å². The first-order valence-electron chi connectivity index (χ1n) is 7.06. The first-order valence-corrected chi connectivity index (χ1v) is 7.94. The molecule has 2 aromatic rings. The van der Waals surface area contributed by atoms with Crippen LogP contribution in [0.25, 0.3) is 0 Å². The van der Waals surface area contributed by atoms with Crippen LogP contribution in [-0.2, 0) is 11.3 Å². The predicted molar refractivity (Wildman–Crippen MR) is 85.2 cm³/mol. The lowest BCUT2D eigenvalue weighted by molar-refractivity contribution is -0.129. The van der Waals surface area contributed by atoms with Crippen molar-refractivity contribution in [3.63, 3.8) is 0 Å². The van der Waals surface area contributed by atoms with Crippen LogP contribution in [0.1, 0.15) is 24.8 Å². The second-order valence-corrected chi connectivity index (χ2v) is 6.26. The van der Waals surface area contributed by atoms with Crippen LogP contribution in [0.15, 0.2) is 36.0 Å². The molecule has 2 rings (SSSR count). The summed E-state index contributed by atoms with van der Waals surface area (Å²) in [6.07, 6.45) is 3.71. The standard InChI is InChI=1S/C15H22N4OS/c1-12(13(2)19-8-5-7-17-19)16-10-15(20)18(3)11-14-6-4-9-21-14/h4-9,12-13,16H,10-11H2,1-3H3/t12-,13+/m0/s1. The highest BCUT2D eigenvalue weighted by Crippen LogP contribution is 2.11. The molecule has 6 heteroatoms. The fraction of sp³-hybridized carbons (Fsp3) is 0.467. The van der Waals surface area contributed by atoms with Crippen LogP contribution in [0.3, 0.4) is 0 Å². The molecule has 0 aliphatic rings. The molecule has 1 amide bonds. The Balaban J connectivity index is 1.77. The van der Waals surface area contributed by atoms with Gasteiger partial charge in [0.15, 0.2) is 0 Å². The quantitative estimate of drug-likeness (QED) is 0.852. The number of nitrogens with zero attached hydrogens (tertiary/aromatic N) is 3. The predicted octanol–water partition coefficient (Wildman–Crippen LogP) is 2.14. The first-order chi connectivity index (χ1) is 10.1. The third-order valence-corrected chi connectivity index (χ3v) is 4.50. The van der Waals surface area contributed by atoms with Crippen LogP contribution in [0, 0.1) is 0 Å². The number of amides is 1. The van der Waals surface area contributed by atoms with Crippen LogP contribution in [0.2, 0.25) is 0 Å². The van der Waals surface area contributed by atoms with Crippen LogP contribution in [0.5, 0.6) is 0 Å². The molecule has 2 atom stereocenters. The second-order valence-electron chi connectivity index (χ2n) is 5.23. The van der Waals surface area contributed by atoms with Crippen molar-refractivity contribution in [2.45, 2.75) is 32.5 Å². The number of rotatable bonds is 7. The zero-order valence-corrected chi connectivity index (χ0v) is 13.5. The minimum Gasteiger partial charge on any atom is -0.340 e. The molecule has 2 heterocycles. The summed E-state index contributed by atoms with van der Waals surface area (Å²) in [7, 11) is 1.84. The van der Waals surface area contributed by atoms with E-state index in [4.69, 9.17) is 0 Å². The van der Waals surface area contributed by atoms with Gasteiger partial charge in [-0.25, -0.2) is 0 Å². The Morgan fingerprint density at radius 1 is 1.48 bits per heavy atom. The van der Waals surface area contributed by atoms with Crippen LogP contribution in [-0.4, -0.2) is 40.2 Å². The summed E-state index contributed by atoms with van der Waals surface area (Å²) in [5, 5.41) is 9.54. The van der Waals surface area contributed by atoms with E-state index in [0.29, 0.717) is 13.1 Å². The summed E-state index contributed by atoms with van der Waals surface area (Å²) in [6.45, 7) is 5.17. The van der Waals surface area contributed by atoms with Crippen molar-refractivity contribution in [1.82, 2.24) is 20.0 Å². The Morgan fingerprint density at radius 3 is 2.90 bits per heavy atom. The van der Waals surface area contributed by atoms with Crippen LogP contribution < -0.4 is 5.32 Å². The lowest BCUT2D eigenvalue weighted by Gasteiger charge is -2.23. The fourth-order valence-electron chi connectivity index (χ4n) is 2.03. The van der Waals surface area contributed by atoms with Crippen molar-refractivity contribution < 1.29 is 4.79 Å². The van der Waals surface area contributed by atoms with E-state index in [1.807, 2.05) is 41.5 Å². The Bertz CT molecular complexity index is 538. The lowest BCUT2D eigenvalue weighted by Crippen LogP contribution is -2.41. The van der Waals surface area contributed by atoms with Crippen LogP contribution in [0.4, 0.5) is 0 Å². The fourth-order valence-corrected chi connectivity index (χ4v) is 2.79. The molecule has 0 saturated carbocycles. The molecule has 0 spiro atoms. The van der Waals surface area contributed by atoms with Gasteiger partial charge in [0.05, 0.1) is 19.1 Å².